The van der Waals surface area contributed by atoms with E-state index in [9.17, 15) is 8.42 Å². The van der Waals surface area contributed by atoms with Gasteiger partial charge in [-0.15, -0.1) is 0 Å². The Labute approximate surface area is 171 Å². The van der Waals surface area contributed by atoms with Crippen LogP contribution in [-0.2, 0) is 16.8 Å². The van der Waals surface area contributed by atoms with E-state index in [1.165, 1.54) is 14.2 Å². The fraction of sp³-hybridized carbons (Fsp3) is 0.182. The zero-order chi connectivity index (χ0) is 20.9. The quantitative estimate of drug-likeness (QED) is 0.556. The van der Waals surface area contributed by atoms with Gasteiger partial charge < -0.3 is 13.7 Å². The normalized spacial score (nSPS) is 11.3. The minimum absolute atomic E-state index is 0.0948. The smallest absolute Gasteiger partial charge is 0.385 e. The molecule has 0 radical (unpaired) electrons. The molecule has 7 heteroatoms. The molecule has 3 rings (SSSR count). The first-order valence-corrected chi connectivity index (χ1v) is 10.3. The number of nitrogens with zero attached hydrogens (tertiary/aromatic N) is 1. The molecule has 0 unspecified atom stereocenters. The Balaban J connectivity index is 1.72. The summed E-state index contributed by atoms with van der Waals surface area (Å²) >= 11 is 0. The fourth-order valence-electron chi connectivity index (χ4n) is 2.82. The Morgan fingerprint density at radius 3 is 2.03 bits per heavy atom. The summed E-state index contributed by atoms with van der Waals surface area (Å²) in [5.74, 6) is 1.42. The van der Waals surface area contributed by atoms with Gasteiger partial charge in [0.05, 0.1) is 14.2 Å². The van der Waals surface area contributed by atoms with E-state index in [4.69, 9.17) is 13.7 Å². The highest BCUT2D eigenvalue weighted by molar-refractivity contribution is 7.84. The number of hydrogen-bond acceptors (Lipinski definition) is 5. The summed E-state index contributed by atoms with van der Waals surface area (Å²) in [5, 5.41) is 0. The number of hydrogen-bond donors (Lipinski definition) is 0. The standard InChI is InChI=1S/C22H23NO5S/c1-23(16-19-11-14-21(26-2)15-22(19)27-3)29(24,25)28-20-12-9-18(10-13-20)17-7-5-4-6-8-17/h4-15H,16H2,1-3H3. The summed E-state index contributed by atoms with van der Waals surface area (Å²) in [6.07, 6.45) is 0. The van der Waals surface area contributed by atoms with Crippen LogP contribution < -0.4 is 13.7 Å². The van der Waals surface area contributed by atoms with Gasteiger partial charge >= 0.3 is 10.3 Å². The molecule has 0 heterocycles. The summed E-state index contributed by atoms with van der Waals surface area (Å²) in [7, 11) is 0.555. The molecule has 0 bridgehead atoms. The van der Waals surface area contributed by atoms with Crippen LogP contribution in [0.4, 0.5) is 0 Å². The van der Waals surface area contributed by atoms with Crippen molar-refractivity contribution in [2.45, 2.75) is 6.54 Å². The van der Waals surface area contributed by atoms with E-state index < -0.39 is 10.3 Å². The molecule has 0 saturated heterocycles. The van der Waals surface area contributed by atoms with E-state index in [1.807, 2.05) is 42.5 Å². The summed E-state index contributed by atoms with van der Waals surface area (Å²) in [6, 6.07) is 22.0. The van der Waals surface area contributed by atoms with Crippen molar-refractivity contribution in [3.8, 4) is 28.4 Å². The van der Waals surface area contributed by atoms with Crippen LogP contribution in [0.5, 0.6) is 17.2 Å². The minimum atomic E-state index is -3.98. The van der Waals surface area contributed by atoms with Crippen molar-refractivity contribution in [1.29, 1.82) is 0 Å². The average Bonchev–Trinajstić information content (AvgIpc) is 2.75. The first-order valence-electron chi connectivity index (χ1n) is 8.95. The van der Waals surface area contributed by atoms with Crippen molar-refractivity contribution in [2.24, 2.45) is 0 Å². The highest BCUT2D eigenvalue weighted by atomic mass is 32.2. The molecule has 29 heavy (non-hydrogen) atoms. The molecule has 0 aliphatic carbocycles. The van der Waals surface area contributed by atoms with Crippen LogP contribution in [0.25, 0.3) is 11.1 Å². The lowest BCUT2D eigenvalue weighted by Crippen LogP contribution is -2.30. The molecular weight excluding hydrogens is 390 g/mol. The van der Waals surface area contributed by atoms with E-state index in [1.54, 1.807) is 37.4 Å². The van der Waals surface area contributed by atoms with Gasteiger partial charge in [-0.05, 0) is 29.3 Å². The molecule has 0 N–H and O–H groups in total. The predicted molar refractivity (Wildman–Crippen MR) is 112 cm³/mol. The van der Waals surface area contributed by atoms with Gasteiger partial charge in [0.2, 0.25) is 0 Å². The van der Waals surface area contributed by atoms with E-state index in [-0.39, 0.29) is 12.3 Å². The summed E-state index contributed by atoms with van der Waals surface area (Å²) in [4.78, 5) is 0. The van der Waals surface area contributed by atoms with Crippen LogP contribution in [-0.4, -0.2) is 34.0 Å². The molecule has 3 aromatic carbocycles. The van der Waals surface area contributed by atoms with Gasteiger partial charge in [0.15, 0.2) is 0 Å². The third-order valence-electron chi connectivity index (χ3n) is 4.43. The molecule has 0 amide bonds. The van der Waals surface area contributed by atoms with Crippen molar-refractivity contribution >= 4 is 10.3 Å². The lowest BCUT2D eigenvalue weighted by Gasteiger charge is -2.19. The number of methoxy groups -OCH3 is 2. The van der Waals surface area contributed by atoms with Gasteiger partial charge in [0.25, 0.3) is 0 Å². The number of ether oxygens (including phenoxy) is 2. The molecule has 0 spiro atoms. The second kappa shape index (κ2) is 8.98. The van der Waals surface area contributed by atoms with Crippen molar-refractivity contribution in [3.05, 3.63) is 78.4 Å². The Morgan fingerprint density at radius 2 is 1.41 bits per heavy atom. The Hall–Kier alpha value is -3.03. The maximum atomic E-state index is 12.6. The number of rotatable bonds is 8. The maximum absolute atomic E-state index is 12.6. The zero-order valence-corrected chi connectivity index (χ0v) is 17.3. The van der Waals surface area contributed by atoms with Crippen LogP contribution in [0.1, 0.15) is 5.56 Å². The SMILES string of the molecule is COc1ccc(CN(C)S(=O)(=O)Oc2ccc(-c3ccccc3)cc2)c(OC)c1. The van der Waals surface area contributed by atoms with Crippen molar-refractivity contribution in [1.82, 2.24) is 4.31 Å². The Kier molecular flexibility index (Phi) is 6.41. The molecular formula is C22H23NO5S. The second-order valence-corrected chi connectivity index (χ2v) is 8.01. The lowest BCUT2D eigenvalue weighted by atomic mass is 10.1. The third kappa shape index (κ3) is 5.07. The number of benzene rings is 3. The average molecular weight is 413 g/mol. The molecule has 152 valence electrons. The molecule has 0 aliphatic rings. The highest BCUT2D eigenvalue weighted by Crippen LogP contribution is 2.27. The van der Waals surface area contributed by atoms with Gasteiger partial charge in [-0.25, -0.2) is 0 Å². The van der Waals surface area contributed by atoms with Crippen molar-refractivity contribution < 1.29 is 22.1 Å². The van der Waals surface area contributed by atoms with Crippen molar-refractivity contribution in [3.63, 3.8) is 0 Å². The fourth-order valence-corrected chi connectivity index (χ4v) is 3.60. The Bertz CT molecular complexity index is 1050. The van der Waals surface area contributed by atoms with Crippen LogP contribution in [0, 0.1) is 0 Å². The van der Waals surface area contributed by atoms with Crippen LogP contribution in [0.15, 0.2) is 72.8 Å². The minimum Gasteiger partial charge on any atom is -0.497 e. The van der Waals surface area contributed by atoms with Gasteiger partial charge in [-0.1, -0.05) is 48.5 Å². The highest BCUT2D eigenvalue weighted by Gasteiger charge is 2.22. The molecule has 0 aliphatic heterocycles. The van der Waals surface area contributed by atoms with Crippen molar-refractivity contribution in [2.75, 3.05) is 21.3 Å². The monoisotopic (exact) mass is 413 g/mol. The van der Waals surface area contributed by atoms with Crippen LogP contribution in [0.3, 0.4) is 0 Å². The Morgan fingerprint density at radius 1 is 0.793 bits per heavy atom. The zero-order valence-electron chi connectivity index (χ0n) is 16.5. The third-order valence-corrected chi connectivity index (χ3v) is 5.73. The first kappa shape index (κ1) is 20.7. The van der Waals surface area contributed by atoms with E-state index in [0.29, 0.717) is 17.1 Å². The molecule has 3 aromatic rings. The van der Waals surface area contributed by atoms with Gasteiger partial charge in [0, 0.05) is 25.2 Å². The molecule has 0 fully saturated rings. The first-order chi connectivity index (χ1) is 13.9. The van der Waals surface area contributed by atoms with E-state index in [0.717, 1.165) is 15.4 Å². The molecule has 0 atom stereocenters. The van der Waals surface area contributed by atoms with Gasteiger partial charge in [-0.3, -0.25) is 0 Å². The summed E-state index contributed by atoms with van der Waals surface area (Å²) in [6.45, 7) is 0.0948. The van der Waals surface area contributed by atoms with Crippen LogP contribution in [0.2, 0.25) is 0 Å². The van der Waals surface area contributed by atoms with E-state index in [2.05, 4.69) is 0 Å². The van der Waals surface area contributed by atoms with Crippen LogP contribution >= 0.6 is 0 Å². The molecule has 6 nitrogen and oxygen atoms in total. The topological polar surface area (TPSA) is 65.1 Å². The van der Waals surface area contributed by atoms with Gasteiger partial charge in [-0.2, -0.15) is 12.7 Å². The predicted octanol–water partition coefficient (Wildman–Crippen LogP) is 4.13. The van der Waals surface area contributed by atoms with E-state index >= 15 is 0 Å². The van der Waals surface area contributed by atoms with Gasteiger partial charge in [0.1, 0.15) is 17.2 Å². The molecule has 0 aromatic heterocycles. The largest absolute Gasteiger partial charge is 0.497 e. The molecule has 0 saturated carbocycles. The summed E-state index contributed by atoms with van der Waals surface area (Å²) < 4.78 is 42.1. The summed E-state index contributed by atoms with van der Waals surface area (Å²) in [5.41, 5.74) is 2.72. The maximum Gasteiger partial charge on any atom is 0.385 e. The lowest BCUT2D eigenvalue weighted by molar-refractivity contribution is 0.370. The second-order valence-electron chi connectivity index (χ2n) is 6.37.